The number of amides is 1. The van der Waals surface area contributed by atoms with Crippen LogP contribution < -0.4 is 5.73 Å². The van der Waals surface area contributed by atoms with Gasteiger partial charge in [-0.25, -0.2) is 0 Å². The van der Waals surface area contributed by atoms with Crippen molar-refractivity contribution in [1.29, 1.82) is 0 Å². The molecule has 4 nitrogen and oxygen atoms in total. The number of nitrogens with two attached hydrogens (primary N) is 1. The Morgan fingerprint density at radius 3 is 2.58 bits per heavy atom. The second kappa shape index (κ2) is 5.00. The Morgan fingerprint density at radius 1 is 1.32 bits per heavy atom. The zero-order chi connectivity index (χ0) is 13.4. The third kappa shape index (κ3) is 2.54. The maximum atomic E-state index is 12.6. The molecule has 2 aliphatic rings. The maximum Gasteiger partial charge on any atom is 0.270 e. The minimum atomic E-state index is 0.194. The van der Waals surface area contributed by atoms with E-state index in [2.05, 4.69) is 11.5 Å². The van der Waals surface area contributed by atoms with E-state index in [-0.39, 0.29) is 11.9 Å². The normalized spacial score (nSPS) is 22.5. The molecule has 1 atom stereocenters. The van der Waals surface area contributed by atoms with Crippen LogP contribution in [-0.2, 0) is 0 Å². The van der Waals surface area contributed by atoms with Crippen molar-refractivity contribution in [3.63, 3.8) is 0 Å². The van der Waals surface area contributed by atoms with E-state index in [1.165, 1.54) is 12.8 Å². The van der Waals surface area contributed by atoms with E-state index in [4.69, 9.17) is 5.73 Å². The Labute approximate surface area is 114 Å². The van der Waals surface area contributed by atoms with E-state index in [9.17, 15) is 4.79 Å². The second-order valence-electron chi connectivity index (χ2n) is 6.02. The van der Waals surface area contributed by atoms with Crippen LogP contribution in [0.3, 0.4) is 0 Å². The molecule has 0 aromatic carbocycles. The lowest BCUT2D eigenvalue weighted by molar-refractivity contribution is 0.0670. The van der Waals surface area contributed by atoms with Crippen LogP contribution in [0.1, 0.15) is 49.1 Å². The summed E-state index contributed by atoms with van der Waals surface area (Å²) in [5, 5.41) is 0. The summed E-state index contributed by atoms with van der Waals surface area (Å²) in [5.41, 5.74) is 6.81. The molecule has 1 aliphatic carbocycles. The molecule has 1 aromatic rings. The highest BCUT2D eigenvalue weighted by Crippen LogP contribution is 2.36. The van der Waals surface area contributed by atoms with Crippen molar-refractivity contribution in [2.75, 3.05) is 13.1 Å². The highest BCUT2D eigenvalue weighted by Gasteiger charge is 2.30. The summed E-state index contributed by atoms with van der Waals surface area (Å²) in [4.78, 5) is 14.6. The van der Waals surface area contributed by atoms with E-state index in [1.54, 1.807) is 0 Å². The summed E-state index contributed by atoms with van der Waals surface area (Å²) in [6.07, 6.45) is 6.53. The van der Waals surface area contributed by atoms with Gasteiger partial charge in [-0.1, -0.05) is 0 Å². The van der Waals surface area contributed by atoms with E-state index < -0.39 is 0 Å². The molecule has 0 spiro atoms. The van der Waals surface area contributed by atoms with Gasteiger partial charge >= 0.3 is 0 Å². The van der Waals surface area contributed by atoms with Crippen LogP contribution in [0.2, 0.25) is 0 Å². The molecule has 104 valence electrons. The fraction of sp³-hybridized carbons (Fsp3) is 0.667. The fourth-order valence-electron chi connectivity index (χ4n) is 3.04. The zero-order valence-corrected chi connectivity index (χ0v) is 11.6. The van der Waals surface area contributed by atoms with Gasteiger partial charge in [-0.2, -0.15) is 0 Å². The van der Waals surface area contributed by atoms with E-state index in [0.717, 1.165) is 31.6 Å². The largest absolute Gasteiger partial charge is 0.340 e. The number of nitrogens with zero attached hydrogens (tertiary/aromatic N) is 2. The molecule has 0 bridgehead atoms. The Kier molecular flexibility index (Phi) is 3.35. The Hall–Kier alpha value is -1.29. The van der Waals surface area contributed by atoms with Gasteiger partial charge < -0.3 is 15.2 Å². The van der Waals surface area contributed by atoms with Gasteiger partial charge in [0.05, 0.1) is 0 Å². The number of hydrogen-bond donors (Lipinski definition) is 1. The van der Waals surface area contributed by atoms with Crippen LogP contribution in [0.5, 0.6) is 0 Å². The maximum absolute atomic E-state index is 12.6. The molecule has 1 saturated carbocycles. The Bertz CT molecular complexity index is 454. The van der Waals surface area contributed by atoms with Crippen LogP contribution in [0.4, 0.5) is 0 Å². The highest BCUT2D eigenvalue weighted by molar-refractivity contribution is 5.93. The molecule has 1 saturated heterocycles. The number of piperidine rings is 1. The molecule has 1 amide bonds. The van der Waals surface area contributed by atoms with E-state index >= 15 is 0 Å². The summed E-state index contributed by atoms with van der Waals surface area (Å²) in [5.74, 6) is 0.763. The topological polar surface area (TPSA) is 51.3 Å². The SMILES string of the molecule is CC(N)C1CCN(C(=O)c2cccn2C2CC2)CC1. The summed E-state index contributed by atoms with van der Waals surface area (Å²) >= 11 is 0. The second-order valence-corrected chi connectivity index (χ2v) is 6.02. The Balaban J connectivity index is 1.66. The number of likely N-dealkylation sites (tertiary alicyclic amines) is 1. The minimum Gasteiger partial charge on any atom is -0.340 e. The van der Waals surface area contributed by atoms with Crippen LogP contribution in [0.25, 0.3) is 0 Å². The monoisotopic (exact) mass is 261 g/mol. The van der Waals surface area contributed by atoms with E-state index in [1.807, 2.05) is 23.2 Å². The molecule has 2 heterocycles. The molecule has 0 radical (unpaired) electrons. The summed E-state index contributed by atoms with van der Waals surface area (Å²) in [6.45, 7) is 3.77. The van der Waals surface area contributed by atoms with Gasteiger partial charge in [-0.05, 0) is 50.7 Å². The van der Waals surface area contributed by atoms with E-state index in [0.29, 0.717) is 12.0 Å². The molecule has 1 aromatic heterocycles. The first-order valence-corrected chi connectivity index (χ1v) is 7.38. The number of hydrogen-bond acceptors (Lipinski definition) is 2. The smallest absolute Gasteiger partial charge is 0.270 e. The number of aromatic nitrogens is 1. The van der Waals surface area contributed by atoms with Crippen molar-refractivity contribution in [1.82, 2.24) is 9.47 Å². The average molecular weight is 261 g/mol. The van der Waals surface area contributed by atoms with Crippen LogP contribution in [-0.4, -0.2) is 34.5 Å². The van der Waals surface area contributed by atoms with Gasteiger partial charge in [0.25, 0.3) is 5.91 Å². The fourth-order valence-corrected chi connectivity index (χ4v) is 3.04. The minimum absolute atomic E-state index is 0.194. The zero-order valence-electron chi connectivity index (χ0n) is 11.6. The Morgan fingerprint density at radius 2 is 2.00 bits per heavy atom. The lowest BCUT2D eigenvalue weighted by atomic mass is 9.91. The third-order valence-corrected chi connectivity index (χ3v) is 4.51. The molecule has 2 N–H and O–H groups in total. The molecule has 3 rings (SSSR count). The van der Waals surface area contributed by atoms with Gasteiger partial charge in [0, 0.05) is 31.4 Å². The van der Waals surface area contributed by atoms with Gasteiger partial charge in [0.1, 0.15) is 5.69 Å². The molecule has 1 aliphatic heterocycles. The van der Waals surface area contributed by atoms with Crippen LogP contribution >= 0.6 is 0 Å². The molecule has 4 heteroatoms. The van der Waals surface area contributed by atoms with Crippen molar-refractivity contribution in [2.24, 2.45) is 11.7 Å². The van der Waals surface area contributed by atoms with Gasteiger partial charge in [-0.15, -0.1) is 0 Å². The van der Waals surface area contributed by atoms with Crippen molar-refractivity contribution < 1.29 is 4.79 Å². The molecular formula is C15H23N3O. The van der Waals surface area contributed by atoms with Gasteiger partial charge in [-0.3, -0.25) is 4.79 Å². The first-order valence-electron chi connectivity index (χ1n) is 7.38. The number of rotatable bonds is 3. The molecule has 19 heavy (non-hydrogen) atoms. The first-order chi connectivity index (χ1) is 9.16. The van der Waals surface area contributed by atoms with Crippen LogP contribution in [0.15, 0.2) is 18.3 Å². The summed E-state index contributed by atoms with van der Waals surface area (Å²) < 4.78 is 2.15. The predicted molar refractivity (Wildman–Crippen MR) is 75.0 cm³/mol. The predicted octanol–water partition coefficient (Wildman–Crippen LogP) is 2.02. The summed E-state index contributed by atoms with van der Waals surface area (Å²) in [6, 6.07) is 4.75. The molecule has 1 unspecified atom stereocenters. The number of carbonyl (C=O) groups excluding carboxylic acids is 1. The third-order valence-electron chi connectivity index (χ3n) is 4.51. The summed E-state index contributed by atoms with van der Waals surface area (Å²) in [7, 11) is 0. The molecular weight excluding hydrogens is 238 g/mol. The van der Waals surface area contributed by atoms with Crippen molar-refractivity contribution in [2.45, 2.75) is 44.7 Å². The van der Waals surface area contributed by atoms with Gasteiger partial charge in [0.2, 0.25) is 0 Å². The molecule has 2 fully saturated rings. The standard InChI is InChI=1S/C15H23N3O/c1-11(16)12-6-9-17(10-7-12)15(19)14-3-2-8-18(14)13-4-5-13/h2-3,8,11-13H,4-7,9-10,16H2,1H3. The lowest BCUT2D eigenvalue weighted by Crippen LogP contribution is -2.43. The van der Waals surface area contributed by atoms with Crippen molar-refractivity contribution >= 4 is 5.91 Å². The highest BCUT2D eigenvalue weighted by atomic mass is 16.2. The van der Waals surface area contributed by atoms with Gasteiger partial charge in [0.15, 0.2) is 0 Å². The van der Waals surface area contributed by atoms with Crippen molar-refractivity contribution in [3.05, 3.63) is 24.0 Å². The quantitative estimate of drug-likeness (QED) is 0.905. The first kappa shape index (κ1) is 12.7. The average Bonchev–Trinajstić information content (AvgIpc) is 3.15. The lowest BCUT2D eigenvalue weighted by Gasteiger charge is -2.33. The number of carbonyl (C=O) groups is 1. The van der Waals surface area contributed by atoms with Crippen molar-refractivity contribution in [3.8, 4) is 0 Å². The van der Waals surface area contributed by atoms with Crippen LogP contribution in [0, 0.1) is 5.92 Å².